The molecule has 0 spiro atoms. The Morgan fingerprint density at radius 1 is 1.08 bits per heavy atom. The van der Waals surface area contributed by atoms with E-state index >= 15 is 0 Å². The van der Waals surface area contributed by atoms with E-state index in [-0.39, 0.29) is 17.4 Å². The molecule has 1 aromatic heterocycles. The van der Waals surface area contributed by atoms with Crippen molar-refractivity contribution >= 4 is 16.8 Å². The highest BCUT2D eigenvalue weighted by Gasteiger charge is 2.15. The van der Waals surface area contributed by atoms with E-state index in [1.54, 1.807) is 0 Å². The molecule has 130 valence electrons. The maximum Gasteiger partial charge on any atom is 0.224 e. The normalized spacial score (nSPS) is 13.0. The number of benzene rings is 2. The van der Waals surface area contributed by atoms with Gasteiger partial charge in [0.15, 0.2) is 0 Å². The van der Waals surface area contributed by atoms with E-state index in [0.29, 0.717) is 6.42 Å². The molecule has 0 saturated heterocycles. The molecule has 0 radical (unpaired) electrons. The number of carbonyl (C=O) groups excluding carboxylic acids is 1. The van der Waals surface area contributed by atoms with Crippen LogP contribution in [0.2, 0.25) is 0 Å². The predicted octanol–water partition coefficient (Wildman–Crippen LogP) is 4.89. The summed E-state index contributed by atoms with van der Waals surface area (Å²) in [5.74, 6) is 0.0390. The maximum atomic E-state index is 12.4. The number of rotatable bonds is 4. The minimum atomic E-state index is -0.00766. The Kier molecular flexibility index (Phi) is 4.67. The van der Waals surface area contributed by atoms with Gasteiger partial charge in [-0.05, 0) is 35.1 Å². The summed E-state index contributed by atoms with van der Waals surface area (Å²) in [6.45, 7) is 8.64. The summed E-state index contributed by atoms with van der Waals surface area (Å²) in [4.78, 5) is 15.7. The van der Waals surface area contributed by atoms with Crippen LogP contribution in [-0.2, 0) is 16.6 Å². The summed E-state index contributed by atoms with van der Waals surface area (Å²) < 4.78 is 0. The highest BCUT2D eigenvalue weighted by Crippen LogP contribution is 2.24. The second-order valence-corrected chi connectivity index (χ2v) is 7.70. The zero-order valence-corrected chi connectivity index (χ0v) is 15.4. The molecule has 2 N–H and O–H groups in total. The lowest BCUT2D eigenvalue weighted by Gasteiger charge is -2.20. The Morgan fingerprint density at radius 3 is 2.44 bits per heavy atom. The number of hydrogen-bond donors (Lipinski definition) is 2. The third-order valence-electron chi connectivity index (χ3n) is 4.68. The lowest BCUT2D eigenvalue weighted by atomic mass is 9.86. The van der Waals surface area contributed by atoms with E-state index in [4.69, 9.17) is 0 Å². The number of hydrogen-bond acceptors (Lipinski definition) is 1. The fourth-order valence-corrected chi connectivity index (χ4v) is 3.10. The van der Waals surface area contributed by atoms with Crippen molar-refractivity contribution in [2.75, 3.05) is 0 Å². The van der Waals surface area contributed by atoms with Gasteiger partial charge in [-0.25, -0.2) is 0 Å². The zero-order chi connectivity index (χ0) is 18.0. The van der Waals surface area contributed by atoms with Gasteiger partial charge >= 0.3 is 0 Å². The van der Waals surface area contributed by atoms with Crippen LogP contribution in [0, 0.1) is 0 Å². The number of aromatic amines is 1. The van der Waals surface area contributed by atoms with E-state index < -0.39 is 0 Å². The number of nitrogens with one attached hydrogen (secondary N) is 2. The van der Waals surface area contributed by atoms with Crippen molar-refractivity contribution in [1.29, 1.82) is 0 Å². The Balaban J connectivity index is 1.66. The van der Waals surface area contributed by atoms with Crippen LogP contribution in [0.15, 0.2) is 54.7 Å². The fraction of sp³-hybridized carbons (Fsp3) is 0.318. The fourth-order valence-electron chi connectivity index (χ4n) is 3.10. The van der Waals surface area contributed by atoms with Gasteiger partial charge in [0.25, 0.3) is 0 Å². The summed E-state index contributed by atoms with van der Waals surface area (Å²) in [7, 11) is 0. The molecule has 3 rings (SSSR count). The topological polar surface area (TPSA) is 44.9 Å². The largest absolute Gasteiger partial charge is 0.361 e. The first kappa shape index (κ1) is 17.3. The quantitative estimate of drug-likeness (QED) is 0.701. The van der Waals surface area contributed by atoms with Crippen LogP contribution in [0.5, 0.6) is 0 Å². The van der Waals surface area contributed by atoms with Crippen molar-refractivity contribution in [1.82, 2.24) is 10.3 Å². The van der Waals surface area contributed by atoms with Crippen LogP contribution < -0.4 is 5.32 Å². The SMILES string of the molecule is CC(NC(=O)Cc1c[nH]c2ccccc12)c1ccc(C(C)(C)C)cc1. The van der Waals surface area contributed by atoms with E-state index in [9.17, 15) is 4.79 Å². The van der Waals surface area contributed by atoms with Crippen molar-refractivity contribution in [3.63, 3.8) is 0 Å². The molecule has 3 heteroatoms. The number of amides is 1. The summed E-state index contributed by atoms with van der Waals surface area (Å²) in [5.41, 5.74) is 4.66. The summed E-state index contributed by atoms with van der Waals surface area (Å²) in [6.07, 6.45) is 2.31. The van der Waals surface area contributed by atoms with Crippen molar-refractivity contribution < 1.29 is 4.79 Å². The molecule has 3 nitrogen and oxygen atoms in total. The molecule has 25 heavy (non-hydrogen) atoms. The zero-order valence-electron chi connectivity index (χ0n) is 15.4. The van der Waals surface area contributed by atoms with Gasteiger partial charge in [0.1, 0.15) is 0 Å². The number of H-pyrrole nitrogens is 1. The van der Waals surface area contributed by atoms with Crippen LogP contribution in [0.4, 0.5) is 0 Å². The molecular weight excluding hydrogens is 308 g/mol. The third kappa shape index (κ3) is 3.93. The maximum absolute atomic E-state index is 12.4. The molecule has 0 aliphatic carbocycles. The first-order chi connectivity index (χ1) is 11.8. The average molecular weight is 334 g/mol. The van der Waals surface area contributed by atoms with Crippen molar-refractivity contribution in [3.8, 4) is 0 Å². The lowest BCUT2D eigenvalue weighted by molar-refractivity contribution is -0.121. The lowest BCUT2D eigenvalue weighted by Crippen LogP contribution is -2.28. The second kappa shape index (κ2) is 6.75. The average Bonchev–Trinajstić information content (AvgIpc) is 2.97. The van der Waals surface area contributed by atoms with E-state index in [2.05, 4.69) is 55.3 Å². The van der Waals surface area contributed by atoms with Gasteiger partial charge in [0, 0.05) is 17.1 Å². The molecule has 1 amide bonds. The van der Waals surface area contributed by atoms with Gasteiger partial charge in [-0.3, -0.25) is 4.79 Å². The van der Waals surface area contributed by atoms with Gasteiger partial charge in [0.05, 0.1) is 12.5 Å². The molecule has 1 atom stereocenters. The highest BCUT2D eigenvalue weighted by molar-refractivity contribution is 5.88. The van der Waals surface area contributed by atoms with Gasteiger partial charge in [0.2, 0.25) is 5.91 Å². The number of para-hydroxylation sites is 1. The van der Waals surface area contributed by atoms with Crippen LogP contribution in [0.1, 0.15) is 50.4 Å². The molecule has 0 aliphatic heterocycles. The molecule has 2 aromatic carbocycles. The van der Waals surface area contributed by atoms with E-state index in [0.717, 1.165) is 22.0 Å². The van der Waals surface area contributed by atoms with Gasteiger partial charge in [-0.1, -0.05) is 63.2 Å². The summed E-state index contributed by atoms with van der Waals surface area (Å²) in [6, 6.07) is 16.6. The molecule has 1 unspecified atom stereocenters. The molecule has 0 saturated carbocycles. The van der Waals surface area contributed by atoms with Gasteiger partial charge in [-0.15, -0.1) is 0 Å². The van der Waals surface area contributed by atoms with Crippen molar-refractivity contribution in [2.45, 2.75) is 45.6 Å². The van der Waals surface area contributed by atoms with E-state index in [1.165, 1.54) is 5.56 Å². The van der Waals surface area contributed by atoms with Gasteiger partial charge < -0.3 is 10.3 Å². The molecular formula is C22H26N2O. The van der Waals surface area contributed by atoms with E-state index in [1.807, 2.05) is 37.4 Å². The molecule has 0 bridgehead atoms. The van der Waals surface area contributed by atoms with Gasteiger partial charge in [-0.2, -0.15) is 0 Å². The van der Waals surface area contributed by atoms with Crippen LogP contribution in [-0.4, -0.2) is 10.9 Å². The Labute approximate surface area is 149 Å². The first-order valence-corrected chi connectivity index (χ1v) is 8.79. The Hall–Kier alpha value is -2.55. The number of aromatic nitrogens is 1. The number of carbonyl (C=O) groups is 1. The van der Waals surface area contributed by atoms with Crippen LogP contribution in [0.25, 0.3) is 10.9 Å². The van der Waals surface area contributed by atoms with Crippen LogP contribution >= 0.6 is 0 Å². The number of fused-ring (bicyclic) bond motifs is 1. The predicted molar refractivity (Wildman–Crippen MR) is 104 cm³/mol. The minimum absolute atomic E-state index is 0.00766. The van der Waals surface area contributed by atoms with Crippen LogP contribution in [0.3, 0.4) is 0 Å². The molecule has 0 aliphatic rings. The highest BCUT2D eigenvalue weighted by atomic mass is 16.1. The van der Waals surface area contributed by atoms with Crippen molar-refractivity contribution in [3.05, 3.63) is 71.4 Å². The summed E-state index contributed by atoms with van der Waals surface area (Å²) >= 11 is 0. The standard InChI is InChI=1S/C22H26N2O/c1-15(16-9-11-18(12-10-16)22(2,3)4)24-21(25)13-17-14-23-20-8-6-5-7-19(17)20/h5-12,14-15,23H,13H2,1-4H3,(H,24,25). The Morgan fingerprint density at radius 2 is 1.76 bits per heavy atom. The molecule has 1 heterocycles. The smallest absolute Gasteiger partial charge is 0.224 e. The first-order valence-electron chi connectivity index (χ1n) is 8.79. The monoisotopic (exact) mass is 334 g/mol. The minimum Gasteiger partial charge on any atom is -0.361 e. The second-order valence-electron chi connectivity index (χ2n) is 7.70. The molecule has 0 fully saturated rings. The summed E-state index contributed by atoms with van der Waals surface area (Å²) in [5, 5.41) is 4.22. The molecule has 3 aromatic rings. The van der Waals surface area contributed by atoms with Crippen molar-refractivity contribution in [2.24, 2.45) is 0 Å². The third-order valence-corrected chi connectivity index (χ3v) is 4.68. The Bertz CT molecular complexity index is 869.